The summed E-state index contributed by atoms with van der Waals surface area (Å²) in [5, 5.41) is 0.546. The minimum Gasteiger partial charge on any atom is -0.466 e. The van der Waals surface area contributed by atoms with Crippen LogP contribution in [0.25, 0.3) is 0 Å². The van der Waals surface area contributed by atoms with Crippen LogP contribution in [-0.2, 0) is 16.1 Å². The van der Waals surface area contributed by atoms with Crippen molar-refractivity contribution in [2.24, 2.45) is 10.9 Å². The molecule has 0 bridgehead atoms. The predicted octanol–water partition coefficient (Wildman–Crippen LogP) is 4.11. The number of ether oxygens (including phenoxy) is 2. The number of esters is 1. The fourth-order valence-corrected chi connectivity index (χ4v) is 4.50. The van der Waals surface area contributed by atoms with Gasteiger partial charge in [-0.3, -0.25) is 14.3 Å². The molecule has 2 aromatic carbocycles. The van der Waals surface area contributed by atoms with Crippen molar-refractivity contribution < 1.29 is 18.7 Å². The highest BCUT2D eigenvalue weighted by molar-refractivity contribution is 6.30. The summed E-state index contributed by atoms with van der Waals surface area (Å²) in [4.78, 5) is 49.8. The van der Waals surface area contributed by atoms with Crippen molar-refractivity contribution in [2.75, 3.05) is 6.61 Å². The third-order valence-corrected chi connectivity index (χ3v) is 6.75. The van der Waals surface area contributed by atoms with E-state index in [1.807, 2.05) is 0 Å². The zero-order valence-electron chi connectivity index (χ0n) is 21.4. The van der Waals surface area contributed by atoms with Crippen molar-refractivity contribution in [1.29, 1.82) is 0 Å². The van der Waals surface area contributed by atoms with E-state index >= 15 is 0 Å². The lowest BCUT2D eigenvalue weighted by molar-refractivity contribution is -0.152. The van der Waals surface area contributed by atoms with Gasteiger partial charge in [0.15, 0.2) is 5.82 Å². The van der Waals surface area contributed by atoms with Crippen LogP contribution in [0.4, 0.5) is 10.1 Å². The van der Waals surface area contributed by atoms with Crippen LogP contribution in [0.1, 0.15) is 31.4 Å². The molecule has 1 aliphatic rings. The Bertz CT molecular complexity index is 1710. The van der Waals surface area contributed by atoms with Gasteiger partial charge >= 0.3 is 17.3 Å². The number of benzene rings is 2. The van der Waals surface area contributed by atoms with Crippen molar-refractivity contribution in [1.82, 2.24) is 19.1 Å². The number of aromatic nitrogens is 4. The number of rotatable bonds is 8. The summed E-state index contributed by atoms with van der Waals surface area (Å²) in [6.45, 7) is 2.11. The van der Waals surface area contributed by atoms with Crippen LogP contribution in [0.2, 0.25) is 5.02 Å². The highest BCUT2D eigenvalue weighted by Gasteiger charge is 2.38. The summed E-state index contributed by atoms with van der Waals surface area (Å²) in [6, 6.07) is 15.6. The molecule has 2 heterocycles. The van der Waals surface area contributed by atoms with Gasteiger partial charge in [-0.05, 0) is 73.9 Å². The standard InChI is InChI=1S/C28H25ClFN5O5/c1-2-39-25(36)18-14-21(15-18)35-27(37)33-26(34(28(35)38)16-17-5-7-19(29)8-6-17)32-20-9-11-22(12-10-20)40-24-23(30)4-3-13-31-24/h3-13,18,21H,2,14-16H2,1H3,(H,32,33,37)/t18-,21-. The Labute approximate surface area is 232 Å². The second-order valence-electron chi connectivity index (χ2n) is 9.19. The molecule has 1 aliphatic carbocycles. The van der Waals surface area contributed by atoms with E-state index < -0.39 is 23.2 Å². The molecular formula is C28H25ClFN5O5. The van der Waals surface area contributed by atoms with Gasteiger partial charge in [-0.1, -0.05) is 23.7 Å². The molecule has 5 rings (SSSR count). The lowest BCUT2D eigenvalue weighted by Gasteiger charge is -2.34. The van der Waals surface area contributed by atoms with Crippen molar-refractivity contribution >= 4 is 23.3 Å². The van der Waals surface area contributed by atoms with E-state index in [-0.39, 0.29) is 36.5 Å². The van der Waals surface area contributed by atoms with Gasteiger partial charge in [0.2, 0.25) is 5.62 Å². The smallest absolute Gasteiger partial charge is 0.335 e. The molecule has 1 N–H and O–H groups in total. The van der Waals surface area contributed by atoms with Crippen LogP contribution < -0.4 is 21.7 Å². The van der Waals surface area contributed by atoms with Crippen LogP contribution in [0.15, 0.2) is 81.4 Å². The Hall–Kier alpha value is -4.51. The summed E-state index contributed by atoms with van der Waals surface area (Å²) in [5.74, 6) is -1.12. The summed E-state index contributed by atoms with van der Waals surface area (Å²) >= 11 is 6.02. The quantitative estimate of drug-likeness (QED) is 0.321. The molecule has 0 spiro atoms. The number of nitrogens with one attached hydrogen (secondary N) is 1. The molecule has 1 saturated carbocycles. The second-order valence-corrected chi connectivity index (χ2v) is 9.63. The van der Waals surface area contributed by atoms with Crippen molar-refractivity contribution in [3.05, 3.63) is 110 Å². The van der Waals surface area contributed by atoms with Crippen LogP contribution in [-0.4, -0.2) is 31.7 Å². The maximum atomic E-state index is 13.9. The van der Waals surface area contributed by atoms with Crippen molar-refractivity contribution in [3.63, 3.8) is 0 Å². The Balaban J connectivity index is 1.49. The fourth-order valence-electron chi connectivity index (χ4n) is 4.38. The molecule has 0 aliphatic heterocycles. The molecule has 40 heavy (non-hydrogen) atoms. The van der Waals surface area contributed by atoms with Gasteiger partial charge in [0.25, 0.3) is 5.88 Å². The highest BCUT2D eigenvalue weighted by Crippen LogP contribution is 2.36. The topological polar surface area (TPSA) is 121 Å². The van der Waals surface area contributed by atoms with E-state index in [1.54, 1.807) is 55.5 Å². The first-order chi connectivity index (χ1) is 19.3. The number of H-pyrrole nitrogens is 1. The third kappa shape index (κ3) is 5.89. The van der Waals surface area contributed by atoms with Crippen molar-refractivity contribution in [3.8, 4) is 11.6 Å². The Morgan fingerprint density at radius 3 is 2.52 bits per heavy atom. The van der Waals surface area contributed by atoms with Crippen LogP contribution in [0.5, 0.6) is 11.6 Å². The van der Waals surface area contributed by atoms with Crippen molar-refractivity contribution in [2.45, 2.75) is 32.4 Å². The number of carbonyl (C=O) groups excluding carboxylic acids is 1. The molecule has 4 aromatic rings. The van der Waals surface area contributed by atoms with Crippen LogP contribution in [0.3, 0.4) is 0 Å². The first-order valence-electron chi connectivity index (χ1n) is 12.6. The van der Waals surface area contributed by atoms with E-state index in [1.165, 1.54) is 22.9 Å². The molecule has 10 nitrogen and oxygen atoms in total. The van der Waals surface area contributed by atoms with Gasteiger partial charge in [-0.25, -0.2) is 28.5 Å². The highest BCUT2D eigenvalue weighted by atomic mass is 35.5. The summed E-state index contributed by atoms with van der Waals surface area (Å²) in [7, 11) is 0. The third-order valence-electron chi connectivity index (χ3n) is 6.49. The number of hydrogen-bond acceptors (Lipinski definition) is 7. The minimum absolute atomic E-state index is 0.0342. The Kier molecular flexibility index (Phi) is 7.92. The minimum atomic E-state index is -0.631. The fraction of sp³-hybridized carbons (Fsp3) is 0.250. The largest absolute Gasteiger partial charge is 0.466 e. The average molecular weight is 566 g/mol. The lowest BCUT2D eigenvalue weighted by atomic mass is 9.80. The molecular weight excluding hydrogens is 541 g/mol. The van der Waals surface area contributed by atoms with Gasteiger partial charge < -0.3 is 9.47 Å². The lowest BCUT2D eigenvalue weighted by Crippen LogP contribution is -2.53. The van der Waals surface area contributed by atoms with Crippen LogP contribution in [0, 0.1) is 11.7 Å². The molecule has 0 saturated heterocycles. The summed E-state index contributed by atoms with van der Waals surface area (Å²) in [6.07, 6.45) is 2.08. The maximum absolute atomic E-state index is 13.9. The van der Waals surface area contributed by atoms with Gasteiger partial charge in [-0.15, -0.1) is 0 Å². The molecule has 2 aromatic heterocycles. The number of hydrogen-bond donors (Lipinski definition) is 1. The molecule has 0 amide bonds. The first-order valence-corrected chi connectivity index (χ1v) is 13.0. The van der Waals surface area contributed by atoms with E-state index in [2.05, 4.69) is 15.0 Å². The van der Waals surface area contributed by atoms with E-state index in [4.69, 9.17) is 21.1 Å². The van der Waals surface area contributed by atoms with E-state index in [0.29, 0.717) is 29.3 Å². The van der Waals surface area contributed by atoms with Gasteiger partial charge in [0, 0.05) is 17.3 Å². The molecule has 0 atom stereocenters. The maximum Gasteiger partial charge on any atom is 0.335 e. The molecule has 206 valence electrons. The number of pyridine rings is 1. The monoisotopic (exact) mass is 565 g/mol. The van der Waals surface area contributed by atoms with Crippen LogP contribution >= 0.6 is 11.6 Å². The molecule has 0 radical (unpaired) electrons. The first kappa shape index (κ1) is 27.1. The zero-order chi connectivity index (χ0) is 28.2. The molecule has 0 unspecified atom stereocenters. The normalized spacial score (nSPS) is 16.8. The zero-order valence-corrected chi connectivity index (χ0v) is 22.2. The summed E-state index contributed by atoms with van der Waals surface area (Å²) in [5.41, 5.74) is 0.0226. The van der Waals surface area contributed by atoms with Gasteiger partial charge in [0.1, 0.15) is 5.75 Å². The second kappa shape index (κ2) is 11.7. The Morgan fingerprint density at radius 2 is 1.85 bits per heavy atom. The number of carbonyl (C=O) groups is 1. The van der Waals surface area contributed by atoms with Gasteiger partial charge in [-0.2, -0.15) is 0 Å². The molecule has 12 heteroatoms. The predicted molar refractivity (Wildman–Crippen MR) is 144 cm³/mol. The SMILES string of the molecule is CCOC(=O)[C@H]1C[C@H](n2c(=O)[nH]/c(=N\c3ccc(Oc4ncccc4F)cc3)n(Cc3ccc(Cl)cc3)c2=O)C1. The summed E-state index contributed by atoms with van der Waals surface area (Å²) < 4.78 is 26.9. The van der Waals surface area contributed by atoms with E-state index in [9.17, 15) is 18.8 Å². The number of aromatic amines is 1. The molecule has 1 fully saturated rings. The number of halogens is 2. The van der Waals surface area contributed by atoms with Gasteiger partial charge in [0.05, 0.1) is 24.8 Å². The Morgan fingerprint density at radius 1 is 1.12 bits per heavy atom. The number of nitrogens with zero attached hydrogens (tertiary/aromatic N) is 4. The van der Waals surface area contributed by atoms with E-state index in [0.717, 1.165) is 10.1 Å². The average Bonchev–Trinajstić information content (AvgIpc) is 2.91.